The molecule has 2 heterocycles. The second kappa shape index (κ2) is 3.65. The fourth-order valence-electron chi connectivity index (χ4n) is 1.23. The minimum Gasteiger partial charge on any atom is -0.354 e. The highest BCUT2D eigenvalue weighted by molar-refractivity contribution is 6.28. The number of terminal acetylenes is 1. The maximum absolute atomic E-state index is 5.79. The van der Waals surface area contributed by atoms with Crippen molar-refractivity contribution in [2.75, 3.05) is 5.32 Å². The number of anilines is 1. The van der Waals surface area contributed by atoms with E-state index in [9.17, 15) is 0 Å². The molecule has 0 amide bonds. The number of nitrogens with one attached hydrogen (secondary N) is 2. The third-order valence-corrected chi connectivity index (χ3v) is 2.24. The molecule has 0 aliphatic rings. The molecule has 6 heteroatoms. The Hall–Kier alpha value is -1.80. The average Bonchev–Trinajstić information content (AvgIpc) is 2.65. The van der Waals surface area contributed by atoms with Crippen molar-refractivity contribution in [3.05, 3.63) is 11.5 Å². The molecule has 2 rings (SSSR count). The molecule has 0 spiro atoms. The summed E-state index contributed by atoms with van der Waals surface area (Å²) in [5.74, 6) is 3.20. The van der Waals surface area contributed by atoms with Crippen LogP contribution in [0.1, 0.15) is 13.8 Å². The van der Waals surface area contributed by atoms with Gasteiger partial charge < -0.3 is 5.32 Å². The Balaban J connectivity index is 2.52. The summed E-state index contributed by atoms with van der Waals surface area (Å²) in [7, 11) is 0. The van der Waals surface area contributed by atoms with Crippen LogP contribution in [-0.4, -0.2) is 25.7 Å². The van der Waals surface area contributed by atoms with Crippen molar-refractivity contribution < 1.29 is 0 Å². The molecule has 82 valence electrons. The zero-order chi connectivity index (χ0) is 11.8. The maximum atomic E-state index is 5.79. The standard InChI is InChI=1S/C10H10ClN5/c1-4-10(2,3)15-7-6-5-12-16-8(6)14-9(11)13-7/h1,5H,2-3H3,(H2,12,13,14,15,16). The van der Waals surface area contributed by atoms with Gasteiger partial charge >= 0.3 is 0 Å². The molecule has 0 aliphatic carbocycles. The second-order valence-electron chi connectivity index (χ2n) is 3.87. The topological polar surface area (TPSA) is 66.5 Å². The zero-order valence-corrected chi connectivity index (χ0v) is 9.63. The Labute approximate surface area is 97.6 Å². The number of hydrogen-bond acceptors (Lipinski definition) is 4. The highest BCUT2D eigenvalue weighted by Gasteiger charge is 2.17. The van der Waals surface area contributed by atoms with E-state index >= 15 is 0 Å². The molecule has 0 radical (unpaired) electrons. The lowest BCUT2D eigenvalue weighted by Gasteiger charge is -2.20. The van der Waals surface area contributed by atoms with E-state index in [0.717, 1.165) is 5.39 Å². The Morgan fingerprint density at radius 1 is 1.50 bits per heavy atom. The summed E-state index contributed by atoms with van der Waals surface area (Å²) in [4.78, 5) is 8.09. The highest BCUT2D eigenvalue weighted by Crippen LogP contribution is 2.22. The van der Waals surface area contributed by atoms with Crippen LogP contribution in [0.3, 0.4) is 0 Å². The molecule has 0 unspecified atom stereocenters. The monoisotopic (exact) mass is 235 g/mol. The summed E-state index contributed by atoms with van der Waals surface area (Å²) < 4.78 is 0. The molecule has 16 heavy (non-hydrogen) atoms. The van der Waals surface area contributed by atoms with Crippen molar-refractivity contribution in [3.8, 4) is 12.3 Å². The second-order valence-corrected chi connectivity index (χ2v) is 4.21. The molecule has 0 saturated heterocycles. The van der Waals surface area contributed by atoms with Crippen molar-refractivity contribution in [2.24, 2.45) is 0 Å². The Morgan fingerprint density at radius 3 is 2.94 bits per heavy atom. The predicted octanol–water partition coefficient (Wildman–Crippen LogP) is 1.83. The van der Waals surface area contributed by atoms with Gasteiger partial charge in [0.1, 0.15) is 5.82 Å². The minimum atomic E-state index is -0.512. The van der Waals surface area contributed by atoms with E-state index in [2.05, 4.69) is 31.4 Å². The number of nitrogens with zero attached hydrogens (tertiary/aromatic N) is 3. The molecule has 0 saturated carbocycles. The van der Waals surface area contributed by atoms with E-state index in [0.29, 0.717) is 11.5 Å². The largest absolute Gasteiger partial charge is 0.354 e. The third kappa shape index (κ3) is 1.92. The molecular formula is C10H10ClN5. The molecule has 5 nitrogen and oxygen atoms in total. The highest BCUT2D eigenvalue weighted by atomic mass is 35.5. The summed E-state index contributed by atoms with van der Waals surface area (Å²) in [5, 5.41) is 10.6. The molecule has 2 aromatic heterocycles. The Bertz CT molecular complexity index is 566. The lowest BCUT2D eigenvalue weighted by Crippen LogP contribution is -2.29. The van der Waals surface area contributed by atoms with Crippen LogP contribution in [-0.2, 0) is 0 Å². The molecule has 0 fully saturated rings. The van der Waals surface area contributed by atoms with Crippen LogP contribution in [0.4, 0.5) is 5.82 Å². The van der Waals surface area contributed by atoms with Crippen LogP contribution in [0.15, 0.2) is 6.20 Å². The predicted molar refractivity (Wildman–Crippen MR) is 63.2 cm³/mol. The number of H-pyrrole nitrogens is 1. The number of aromatic amines is 1. The summed E-state index contributed by atoms with van der Waals surface area (Å²) in [5.41, 5.74) is 0.0670. The van der Waals surface area contributed by atoms with E-state index < -0.39 is 5.54 Å². The Morgan fingerprint density at radius 2 is 2.25 bits per heavy atom. The molecule has 0 atom stereocenters. The van der Waals surface area contributed by atoms with Crippen LogP contribution in [0.2, 0.25) is 5.28 Å². The number of fused-ring (bicyclic) bond motifs is 1. The summed E-state index contributed by atoms with van der Waals surface area (Å²) >= 11 is 5.79. The fourth-order valence-corrected chi connectivity index (χ4v) is 1.40. The van der Waals surface area contributed by atoms with Crippen molar-refractivity contribution in [1.82, 2.24) is 20.2 Å². The van der Waals surface area contributed by atoms with Crippen LogP contribution in [0.5, 0.6) is 0 Å². The molecule has 0 bridgehead atoms. The minimum absolute atomic E-state index is 0.145. The smallest absolute Gasteiger partial charge is 0.226 e. The van der Waals surface area contributed by atoms with Gasteiger partial charge in [-0.3, -0.25) is 5.10 Å². The van der Waals surface area contributed by atoms with E-state index in [4.69, 9.17) is 18.0 Å². The zero-order valence-electron chi connectivity index (χ0n) is 8.87. The van der Waals surface area contributed by atoms with Gasteiger partial charge in [0, 0.05) is 0 Å². The van der Waals surface area contributed by atoms with Crippen molar-refractivity contribution in [1.29, 1.82) is 0 Å². The fraction of sp³-hybridized carbons (Fsp3) is 0.300. The van der Waals surface area contributed by atoms with Crippen LogP contribution in [0, 0.1) is 12.3 Å². The number of rotatable bonds is 2. The molecule has 2 aromatic rings. The van der Waals surface area contributed by atoms with Crippen LogP contribution in [0.25, 0.3) is 11.0 Å². The number of hydrogen-bond donors (Lipinski definition) is 2. The first-order valence-corrected chi connectivity index (χ1v) is 5.02. The number of aromatic nitrogens is 4. The normalized spacial score (nSPS) is 11.4. The van der Waals surface area contributed by atoms with Gasteiger partial charge in [0.15, 0.2) is 5.65 Å². The maximum Gasteiger partial charge on any atom is 0.226 e. The van der Waals surface area contributed by atoms with Gasteiger partial charge in [-0.1, -0.05) is 5.92 Å². The van der Waals surface area contributed by atoms with Gasteiger partial charge in [0.2, 0.25) is 5.28 Å². The van der Waals surface area contributed by atoms with Gasteiger partial charge in [0.25, 0.3) is 0 Å². The first kappa shape index (κ1) is 10.7. The van der Waals surface area contributed by atoms with Crippen molar-refractivity contribution in [3.63, 3.8) is 0 Å². The van der Waals surface area contributed by atoms with E-state index in [1.54, 1.807) is 6.20 Å². The van der Waals surface area contributed by atoms with Crippen molar-refractivity contribution >= 4 is 28.5 Å². The van der Waals surface area contributed by atoms with E-state index in [-0.39, 0.29) is 5.28 Å². The van der Waals surface area contributed by atoms with Gasteiger partial charge in [-0.25, -0.2) is 0 Å². The average molecular weight is 236 g/mol. The summed E-state index contributed by atoms with van der Waals surface area (Å²) in [6.45, 7) is 3.74. The van der Waals surface area contributed by atoms with Crippen LogP contribution < -0.4 is 5.32 Å². The molecule has 0 aromatic carbocycles. The quantitative estimate of drug-likeness (QED) is 0.616. The SMILES string of the molecule is C#CC(C)(C)Nc1nc(Cl)nc2[nH]ncc12. The summed E-state index contributed by atoms with van der Waals surface area (Å²) in [6, 6.07) is 0. The number of halogens is 1. The van der Waals surface area contributed by atoms with Crippen LogP contribution >= 0.6 is 11.6 Å². The van der Waals surface area contributed by atoms with Gasteiger partial charge in [-0.2, -0.15) is 15.1 Å². The lowest BCUT2D eigenvalue weighted by atomic mass is 10.1. The van der Waals surface area contributed by atoms with E-state index in [1.165, 1.54) is 0 Å². The lowest BCUT2D eigenvalue weighted by molar-refractivity contribution is 0.737. The first-order chi connectivity index (χ1) is 7.52. The Kier molecular flexibility index (Phi) is 2.44. The van der Waals surface area contributed by atoms with Crippen molar-refractivity contribution in [2.45, 2.75) is 19.4 Å². The van der Waals surface area contributed by atoms with Gasteiger partial charge in [-0.15, -0.1) is 6.42 Å². The van der Waals surface area contributed by atoms with Gasteiger partial charge in [-0.05, 0) is 25.4 Å². The van der Waals surface area contributed by atoms with E-state index in [1.807, 2.05) is 13.8 Å². The first-order valence-electron chi connectivity index (χ1n) is 4.64. The molecular weight excluding hydrogens is 226 g/mol. The third-order valence-electron chi connectivity index (χ3n) is 2.07. The molecule has 2 N–H and O–H groups in total. The molecule has 0 aliphatic heterocycles. The summed E-state index contributed by atoms with van der Waals surface area (Å²) in [6.07, 6.45) is 7.02. The van der Waals surface area contributed by atoms with Gasteiger partial charge in [0.05, 0.1) is 17.1 Å².